The van der Waals surface area contributed by atoms with Crippen LogP contribution < -0.4 is 10.5 Å². The number of aromatic nitrogens is 5. The first-order valence-electron chi connectivity index (χ1n) is 10.4. The van der Waals surface area contributed by atoms with Gasteiger partial charge in [0.25, 0.3) is 11.5 Å². The van der Waals surface area contributed by atoms with Gasteiger partial charge in [-0.2, -0.15) is 0 Å². The molecule has 0 saturated carbocycles. The van der Waals surface area contributed by atoms with Crippen molar-refractivity contribution in [2.75, 3.05) is 24.7 Å². The Hall–Kier alpha value is -3.59. The van der Waals surface area contributed by atoms with E-state index in [0.717, 1.165) is 35.3 Å². The topological polar surface area (TPSA) is 105 Å². The van der Waals surface area contributed by atoms with Gasteiger partial charge >= 0.3 is 0 Å². The largest absolute Gasteiger partial charge is 0.381 e. The van der Waals surface area contributed by atoms with Gasteiger partial charge in [0.1, 0.15) is 11.6 Å². The van der Waals surface area contributed by atoms with Gasteiger partial charge in [0.05, 0.1) is 17.6 Å². The van der Waals surface area contributed by atoms with Crippen molar-refractivity contribution in [3.8, 4) is 0 Å². The highest BCUT2D eigenvalue weighted by Crippen LogP contribution is 2.30. The SMILES string of the molecule is Cc1cc2c(cc1C(=O)N1CCc3cccnc31)[nH]c(=O)c1nnc(C3CCOC3)n12. The molecular weight excluding hydrogens is 396 g/mol. The van der Waals surface area contributed by atoms with E-state index >= 15 is 0 Å². The molecule has 1 unspecified atom stereocenters. The lowest BCUT2D eigenvalue weighted by molar-refractivity contribution is 0.0988. The number of H-pyrrole nitrogens is 1. The number of carbonyl (C=O) groups excluding carboxylic acids is 1. The van der Waals surface area contributed by atoms with Gasteiger partial charge in [0, 0.05) is 30.8 Å². The molecule has 156 valence electrons. The molecule has 2 aliphatic heterocycles. The van der Waals surface area contributed by atoms with Crippen molar-refractivity contribution in [3.63, 3.8) is 0 Å². The molecule has 1 fully saturated rings. The molecule has 0 spiro atoms. The summed E-state index contributed by atoms with van der Waals surface area (Å²) in [5, 5.41) is 8.41. The molecule has 9 nitrogen and oxygen atoms in total. The fraction of sp³-hybridized carbons (Fsp3) is 0.318. The molecule has 0 radical (unpaired) electrons. The Morgan fingerprint density at radius 2 is 2.19 bits per heavy atom. The number of carbonyl (C=O) groups is 1. The maximum Gasteiger partial charge on any atom is 0.294 e. The first kappa shape index (κ1) is 18.2. The minimum atomic E-state index is -0.333. The van der Waals surface area contributed by atoms with E-state index in [1.165, 1.54) is 0 Å². The number of benzene rings is 1. The minimum Gasteiger partial charge on any atom is -0.381 e. The Labute approximate surface area is 176 Å². The van der Waals surface area contributed by atoms with Crippen LogP contribution in [0.4, 0.5) is 5.82 Å². The summed E-state index contributed by atoms with van der Waals surface area (Å²) in [6.07, 6.45) is 3.32. The molecule has 9 heteroatoms. The van der Waals surface area contributed by atoms with E-state index in [-0.39, 0.29) is 23.0 Å². The van der Waals surface area contributed by atoms with Crippen LogP contribution in [0.2, 0.25) is 0 Å². The van der Waals surface area contributed by atoms with Gasteiger partial charge in [-0.1, -0.05) is 6.07 Å². The van der Waals surface area contributed by atoms with Crippen LogP contribution in [0.15, 0.2) is 35.3 Å². The van der Waals surface area contributed by atoms with E-state index in [2.05, 4.69) is 20.2 Å². The lowest BCUT2D eigenvalue weighted by Gasteiger charge is -2.18. The molecule has 6 rings (SSSR count). The molecule has 2 aliphatic rings. The average Bonchev–Trinajstić information content (AvgIpc) is 3.52. The highest BCUT2D eigenvalue weighted by molar-refractivity contribution is 6.09. The average molecular weight is 416 g/mol. The fourth-order valence-electron chi connectivity index (χ4n) is 4.62. The smallest absolute Gasteiger partial charge is 0.294 e. The normalized spacial score (nSPS) is 18.2. The quantitative estimate of drug-likeness (QED) is 0.536. The highest BCUT2D eigenvalue weighted by atomic mass is 16.5. The lowest BCUT2D eigenvalue weighted by Crippen LogP contribution is -2.30. The molecular formula is C22H20N6O3. The number of aryl methyl sites for hydroxylation is 1. The van der Waals surface area contributed by atoms with Gasteiger partial charge in [0.15, 0.2) is 0 Å². The van der Waals surface area contributed by atoms with Crippen molar-refractivity contribution >= 4 is 28.4 Å². The number of ether oxygens (including phenoxy) is 1. The molecule has 31 heavy (non-hydrogen) atoms. The third kappa shape index (κ3) is 2.70. The van der Waals surface area contributed by atoms with E-state index in [9.17, 15) is 9.59 Å². The highest BCUT2D eigenvalue weighted by Gasteiger charge is 2.29. The molecule has 3 aromatic heterocycles. The number of nitrogens with one attached hydrogen (secondary N) is 1. The summed E-state index contributed by atoms with van der Waals surface area (Å²) in [6, 6.07) is 7.56. The van der Waals surface area contributed by atoms with Gasteiger partial charge in [0.2, 0.25) is 5.65 Å². The maximum atomic E-state index is 13.4. The first-order valence-corrected chi connectivity index (χ1v) is 10.4. The van der Waals surface area contributed by atoms with Crippen LogP contribution in [0, 0.1) is 6.92 Å². The number of amides is 1. The molecule has 0 bridgehead atoms. The van der Waals surface area contributed by atoms with Crippen LogP contribution >= 0.6 is 0 Å². The standard InChI is InChI=1S/C22H20N6O3/c1-12-9-17-16(10-15(12)22(30)27-7-4-13-3-2-6-23-18(13)27)24-21(29)20-26-25-19(28(17)20)14-5-8-31-11-14/h2-3,6,9-10,14H,4-5,7-8,11H2,1H3,(H,24,29). The summed E-state index contributed by atoms with van der Waals surface area (Å²) in [7, 11) is 0. The van der Waals surface area contributed by atoms with Gasteiger partial charge in [-0.05, 0) is 49.1 Å². The van der Waals surface area contributed by atoms with Crippen molar-refractivity contribution in [1.82, 2.24) is 24.6 Å². The van der Waals surface area contributed by atoms with Gasteiger partial charge in [-0.15, -0.1) is 10.2 Å². The van der Waals surface area contributed by atoms with Crippen LogP contribution in [-0.4, -0.2) is 50.2 Å². The minimum absolute atomic E-state index is 0.0915. The Morgan fingerprint density at radius 3 is 3.03 bits per heavy atom. The van der Waals surface area contributed by atoms with Crippen molar-refractivity contribution in [3.05, 3.63) is 63.3 Å². The van der Waals surface area contributed by atoms with E-state index in [1.54, 1.807) is 17.2 Å². The number of fused-ring (bicyclic) bond motifs is 4. The number of aromatic amines is 1. The molecule has 1 saturated heterocycles. The van der Waals surface area contributed by atoms with Gasteiger partial charge < -0.3 is 9.72 Å². The zero-order valence-electron chi connectivity index (χ0n) is 17.0. The Morgan fingerprint density at radius 1 is 1.29 bits per heavy atom. The van der Waals surface area contributed by atoms with E-state index in [4.69, 9.17) is 4.74 Å². The molecule has 4 aromatic rings. The Kier molecular flexibility index (Phi) is 3.94. The van der Waals surface area contributed by atoms with Crippen LogP contribution in [0.1, 0.15) is 39.6 Å². The number of rotatable bonds is 2. The van der Waals surface area contributed by atoms with Crippen molar-refractivity contribution in [2.45, 2.75) is 25.7 Å². The number of nitrogens with zero attached hydrogens (tertiary/aromatic N) is 5. The monoisotopic (exact) mass is 416 g/mol. The van der Waals surface area contributed by atoms with Gasteiger partial charge in [-0.25, -0.2) is 4.98 Å². The summed E-state index contributed by atoms with van der Waals surface area (Å²) in [5.41, 5.74) is 3.70. The molecule has 1 N–H and O–H groups in total. The van der Waals surface area contributed by atoms with Crippen molar-refractivity contribution < 1.29 is 9.53 Å². The summed E-state index contributed by atoms with van der Waals surface area (Å²) >= 11 is 0. The third-order valence-electron chi connectivity index (χ3n) is 6.22. The molecule has 0 aliphatic carbocycles. The van der Waals surface area contributed by atoms with Crippen molar-refractivity contribution in [1.29, 1.82) is 0 Å². The molecule has 1 aromatic carbocycles. The number of anilines is 1. The Balaban J connectivity index is 1.51. The first-order chi connectivity index (χ1) is 15.1. The van der Waals surface area contributed by atoms with E-state index < -0.39 is 0 Å². The maximum absolute atomic E-state index is 13.4. The zero-order chi connectivity index (χ0) is 21.1. The summed E-state index contributed by atoms with van der Waals surface area (Å²) in [5.74, 6) is 1.40. The molecule has 1 atom stereocenters. The number of pyridine rings is 1. The number of hydrogen-bond donors (Lipinski definition) is 1. The predicted molar refractivity (Wildman–Crippen MR) is 114 cm³/mol. The third-order valence-corrected chi connectivity index (χ3v) is 6.22. The van der Waals surface area contributed by atoms with E-state index in [0.29, 0.717) is 36.7 Å². The zero-order valence-corrected chi connectivity index (χ0v) is 17.0. The molecule has 5 heterocycles. The Bertz CT molecular complexity index is 1420. The van der Waals surface area contributed by atoms with Crippen molar-refractivity contribution in [2.24, 2.45) is 0 Å². The second-order valence-corrected chi connectivity index (χ2v) is 8.11. The second kappa shape index (κ2) is 6.71. The predicted octanol–water partition coefficient (Wildman–Crippen LogP) is 1.98. The summed E-state index contributed by atoms with van der Waals surface area (Å²) < 4.78 is 7.32. The summed E-state index contributed by atoms with van der Waals surface area (Å²) in [6.45, 7) is 3.73. The fourth-order valence-corrected chi connectivity index (χ4v) is 4.62. The van der Waals surface area contributed by atoms with Crippen LogP contribution in [0.25, 0.3) is 16.7 Å². The van der Waals surface area contributed by atoms with E-state index in [1.807, 2.05) is 29.5 Å². The van der Waals surface area contributed by atoms with Crippen LogP contribution in [0.3, 0.4) is 0 Å². The molecule has 1 amide bonds. The number of hydrogen-bond acceptors (Lipinski definition) is 6. The van der Waals surface area contributed by atoms with Crippen LogP contribution in [0.5, 0.6) is 0 Å². The summed E-state index contributed by atoms with van der Waals surface area (Å²) in [4.78, 5) is 35.1. The lowest BCUT2D eigenvalue weighted by atomic mass is 10.1. The van der Waals surface area contributed by atoms with Gasteiger partial charge in [-0.3, -0.25) is 18.9 Å². The van der Waals surface area contributed by atoms with Crippen LogP contribution in [-0.2, 0) is 11.2 Å². The second-order valence-electron chi connectivity index (χ2n) is 8.11.